The van der Waals surface area contributed by atoms with Crippen LogP contribution in [0.4, 0.5) is 0 Å². The molecule has 0 spiro atoms. The van der Waals surface area contributed by atoms with Gasteiger partial charge in [-0.2, -0.15) is 0 Å². The van der Waals surface area contributed by atoms with Crippen LogP contribution in [0.3, 0.4) is 0 Å². The van der Waals surface area contributed by atoms with Crippen LogP contribution in [0.1, 0.15) is 20.8 Å². The number of alkyl halides is 1. The third-order valence-corrected chi connectivity index (χ3v) is 3.93. The largest absolute Gasteiger partial charge is 0.378 e. The maximum absolute atomic E-state index is 5.93. The highest BCUT2D eigenvalue weighted by Gasteiger charge is 2.30. The van der Waals surface area contributed by atoms with Crippen molar-refractivity contribution in [3.05, 3.63) is 0 Å². The van der Waals surface area contributed by atoms with Crippen molar-refractivity contribution >= 4 is 22.6 Å². The number of hydrogen-bond acceptors (Lipinski definition) is 2. The smallest absolute Gasteiger partial charge is 0.0863 e. The topological polar surface area (TPSA) is 18.5 Å². The molecular weight excluding hydrogens is 267 g/mol. The summed E-state index contributed by atoms with van der Waals surface area (Å²) >= 11 is 2.36. The minimum atomic E-state index is -0.00676. The van der Waals surface area contributed by atoms with Crippen molar-refractivity contribution in [3.8, 4) is 0 Å². The van der Waals surface area contributed by atoms with Crippen LogP contribution >= 0.6 is 22.6 Å². The summed E-state index contributed by atoms with van der Waals surface area (Å²) in [6, 6.07) is 0. The van der Waals surface area contributed by atoms with Crippen LogP contribution in [0.5, 0.6) is 0 Å². The number of rotatable bonds is 3. The van der Waals surface area contributed by atoms with E-state index < -0.39 is 0 Å². The number of hydrogen-bond donors (Lipinski definition) is 0. The van der Waals surface area contributed by atoms with E-state index in [0.29, 0.717) is 12.0 Å². The predicted molar refractivity (Wildman–Crippen MR) is 57.8 cm³/mol. The average Bonchev–Trinajstić information content (AvgIpc) is 2.36. The lowest BCUT2D eigenvalue weighted by Gasteiger charge is -2.28. The molecule has 0 N–H and O–H groups in total. The second kappa shape index (κ2) is 4.24. The zero-order valence-electron chi connectivity index (χ0n) is 7.97. The molecule has 2 atom stereocenters. The summed E-state index contributed by atoms with van der Waals surface area (Å²) in [7, 11) is 0. The van der Waals surface area contributed by atoms with E-state index in [4.69, 9.17) is 9.47 Å². The Morgan fingerprint density at radius 1 is 1.50 bits per heavy atom. The first-order chi connectivity index (χ1) is 5.55. The molecule has 0 aliphatic carbocycles. The molecule has 1 saturated heterocycles. The van der Waals surface area contributed by atoms with E-state index >= 15 is 0 Å². The van der Waals surface area contributed by atoms with Crippen LogP contribution in [-0.4, -0.2) is 29.3 Å². The number of halogens is 1. The molecule has 0 radical (unpaired) electrons. The maximum Gasteiger partial charge on any atom is 0.0863 e. The summed E-state index contributed by atoms with van der Waals surface area (Å²) in [5.41, 5.74) is -0.00676. The van der Waals surface area contributed by atoms with Gasteiger partial charge in [0.2, 0.25) is 0 Å². The molecule has 12 heavy (non-hydrogen) atoms. The first-order valence-electron chi connectivity index (χ1n) is 4.37. The van der Waals surface area contributed by atoms with E-state index in [1.165, 1.54) is 0 Å². The SMILES string of the molecule is CC1COCC1OC(C)(C)CI. The Kier molecular flexibility index (Phi) is 3.79. The van der Waals surface area contributed by atoms with Gasteiger partial charge in [0.05, 0.1) is 24.9 Å². The van der Waals surface area contributed by atoms with E-state index in [-0.39, 0.29) is 5.60 Å². The van der Waals surface area contributed by atoms with Gasteiger partial charge in [0.1, 0.15) is 0 Å². The van der Waals surface area contributed by atoms with Crippen LogP contribution in [0.2, 0.25) is 0 Å². The van der Waals surface area contributed by atoms with Crippen molar-refractivity contribution < 1.29 is 9.47 Å². The Balaban J connectivity index is 2.39. The van der Waals surface area contributed by atoms with Crippen molar-refractivity contribution in [2.75, 3.05) is 17.6 Å². The van der Waals surface area contributed by atoms with E-state index in [1.54, 1.807) is 0 Å². The van der Waals surface area contributed by atoms with Gasteiger partial charge >= 0.3 is 0 Å². The molecule has 3 heteroatoms. The molecule has 1 aliphatic heterocycles. The lowest BCUT2D eigenvalue weighted by atomic mass is 10.1. The van der Waals surface area contributed by atoms with Gasteiger partial charge in [0.15, 0.2) is 0 Å². The van der Waals surface area contributed by atoms with Crippen molar-refractivity contribution in [3.63, 3.8) is 0 Å². The Morgan fingerprint density at radius 3 is 2.58 bits per heavy atom. The van der Waals surface area contributed by atoms with Crippen LogP contribution in [0.25, 0.3) is 0 Å². The third kappa shape index (κ3) is 2.85. The molecule has 0 saturated carbocycles. The van der Waals surface area contributed by atoms with Gasteiger partial charge in [-0.05, 0) is 13.8 Å². The molecule has 2 nitrogen and oxygen atoms in total. The molecule has 72 valence electrons. The van der Waals surface area contributed by atoms with Gasteiger partial charge in [-0.1, -0.05) is 29.5 Å². The van der Waals surface area contributed by atoms with Crippen LogP contribution in [0.15, 0.2) is 0 Å². The normalized spacial score (nSPS) is 31.0. The van der Waals surface area contributed by atoms with Crippen LogP contribution in [-0.2, 0) is 9.47 Å². The third-order valence-electron chi connectivity index (χ3n) is 2.09. The van der Waals surface area contributed by atoms with E-state index in [9.17, 15) is 0 Å². The first-order valence-corrected chi connectivity index (χ1v) is 5.89. The van der Waals surface area contributed by atoms with Gasteiger partial charge in [-0.3, -0.25) is 0 Å². The molecule has 1 heterocycles. The molecule has 0 aromatic rings. The predicted octanol–water partition coefficient (Wildman–Crippen LogP) is 2.25. The molecule has 2 unspecified atom stereocenters. The zero-order chi connectivity index (χ0) is 9.19. The van der Waals surface area contributed by atoms with E-state index in [1.807, 2.05) is 0 Å². The summed E-state index contributed by atoms with van der Waals surface area (Å²) in [6.45, 7) is 8.05. The highest BCUT2D eigenvalue weighted by molar-refractivity contribution is 14.1. The van der Waals surface area contributed by atoms with Gasteiger partial charge in [0, 0.05) is 10.3 Å². The Hall–Kier alpha value is 0.650. The minimum Gasteiger partial charge on any atom is -0.378 e. The second-order valence-electron chi connectivity index (χ2n) is 4.06. The first kappa shape index (κ1) is 10.7. The van der Waals surface area contributed by atoms with Gasteiger partial charge in [0.25, 0.3) is 0 Å². The second-order valence-corrected chi connectivity index (χ2v) is 4.83. The van der Waals surface area contributed by atoms with Gasteiger partial charge < -0.3 is 9.47 Å². The molecular formula is C9H17IO2. The minimum absolute atomic E-state index is 0.00676. The fraction of sp³-hybridized carbons (Fsp3) is 1.00. The fourth-order valence-corrected chi connectivity index (χ4v) is 1.41. The summed E-state index contributed by atoms with van der Waals surface area (Å²) < 4.78 is 12.3. The van der Waals surface area contributed by atoms with E-state index in [0.717, 1.165) is 17.6 Å². The lowest BCUT2D eigenvalue weighted by molar-refractivity contribution is -0.0678. The van der Waals surface area contributed by atoms with Gasteiger partial charge in [-0.25, -0.2) is 0 Å². The molecule has 0 amide bonds. The fourth-order valence-electron chi connectivity index (χ4n) is 1.23. The monoisotopic (exact) mass is 284 g/mol. The van der Waals surface area contributed by atoms with Crippen molar-refractivity contribution in [2.24, 2.45) is 5.92 Å². The summed E-state index contributed by atoms with van der Waals surface area (Å²) in [5.74, 6) is 0.548. The highest BCUT2D eigenvalue weighted by Crippen LogP contribution is 2.23. The standard InChI is InChI=1S/C9H17IO2/c1-7-4-11-5-8(7)12-9(2,3)6-10/h7-8H,4-6H2,1-3H3. The quantitative estimate of drug-likeness (QED) is 0.584. The summed E-state index contributed by atoms with van der Waals surface area (Å²) in [4.78, 5) is 0. The lowest BCUT2D eigenvalue weighted by Crippen LogP contribution is -2.35. The average molecular weight is 284 g/mol. The van der Waals surface area contributed by atoms with Crippen LogP contribution in [0, 0.1) is 5.92 Å². The number of ether oxygens (including phenoxy) is 2. The Labute approximate surface area is 88.1 Å². The molecule has 1 fully saturated rings. The van der Waals surface area contributed by atoms with Crippen LogP contribution < -0.4 is 0 Å². The summed E-state index contributed by atoms with van der Waals surface area (Å²) in [6.07, 6.45) is 0.301. The Morgan fingerprint density at radius 2 is 2.17 bits per heavy atom. The Bertz CT molecular complexity index is 147. The molecule has 1 aliphatic rings. The van der Waals surface area contributed by atoms with Crippen molar-refractivity contribution in [1.29, 1.82) is 0 Å². The zero-order valence-corrected chi connectivity index (χ0v) is 10.1. The summed E-state index contributed by atoms with van der Waals surface area (Å²) in [5, 5.41) is 0. The maximum atomic E-state index is 5.93. The van der Waals surface area contributed by atoms with Crippen molar-refractivity contribution in [2.45, 2.75) is 32.5 Å². The molecule has 0 aromatic carbocycles. The molecule has 0 bridgehead atoms. The molecule has 0 aromatic heterocycles. The molecule has 1 rings (SSSR count). The highest BCUT2D eigenvalue weighted by atomic mass is 127. The van der Waals surface area contributed by atoms with E-state index in [2.05, 4.69) is 43.4 Å². The van der Waals surface area contributed by atoms with Crippen molar-refractivity contribution in [1.82, 2.24) is 0 Å². The van der Waals surface area contributed by atoms with Gasteiger partial charge in [-0.15, -0.1) is 0 Å².